The van der Waals surface area contributed by atoms with Crippen LogP contribution in [-0.4, -0.2) is 14.8 Å². The molecule has 172 valence electrons. The summed E-state index contributed by atoms with van der Waals surface area (Å²) in [6.45, 7) is 2.28. The molecule has 0 spiro atoms. The van der Waals surface area contributed by atoms with Crippen molar-refractivity contribution in [2.24, 2.45) is 0 Å². The number of aryl methyl sites for hydroxylation is 1. The predicted molar refractivity (Wildman–Crippen MR) is 141 cm³/mol. The topological polar surface area (TPSA) is 30.7 Å². The average molecular weight is 468 g/mol. The van der Waals surface area contributed by atoms with Crippen molar-refractivity contribution in [1.82, 2.24) is 14.8 Å². The number of para-hydroxylation sites is 1. The van der Waals surface area contributed by atoms with E-state index in [1.807, 2.05) is 10.7 Å². The molecule has 0 saturated carbocycles. The van der Waals surface area contributed by atoms with Gasteiger partial charge < -0.3 is 0 Å². The van der Waals surface area contributed by atoms with Crippen molar-refractivity contribution in [2.75, 3.05) is 0 Å². The molecule has 3 nitrogen and oxygen atoms in total. The van der Waals surface area contributed by atoms with Crippen LogP contribution in [0.5, 0.6) is 0 Å². The van der Waals surface area contributed by atoms with Crippen molar-refractivity contribution in [3.8, 4) is 5.69 Å². The van der Waals surface area contributed by atoms with Gasteiger partial charge in [0.25, 0.3) is 0 Å². The molecule has 0 bridgehead atoms. The fraction of sp³-hybridized carbons (Fsp3) is 0.481. The normalized spacial score (nSPS) is 11.2. The maximum absolute atomic E-state index is 4.89. The predicted octanol–water partition coefficient (Wildman–Crippen LogP) is 8.67. The van der Waals surface area contributed by atoms with E-state index in [1.165, 1.54) is 69.8 Å². The van der Waals surface area contributed by atoms with Crippen molar-refractivity contribution in [2.45, 2.75) is 88.5 Å². The second-order valence-corrected chi connectivity index (χ2v) is 10.6. The highest BCUT2D eigenvalue weighted by Gasteiger charge is 2.12. The van der Waals surface area contributed by atoms with Crippen molar-refractivity contribution >= 4 is 21.6 Å². The van der Waals surface area contributed by atoms with Gasteiger partial charge in [-0.05, 0) is 34.9 Å². The van der Waals surface area contributed by atoms with E-state index in [0.29, 0.717) is 0 Å². The van der Waals surface area contributed by atoms with Crippen LogP contribution in [0.25, 0.3) is 5.69 Å². The number of rotatable bonds is 16. The maximum Gasteiger partial charge on any atom is 0.219 e. The van der Waals surface area contributed by atoms with Crippen LogP contribution < -0.4 is 0 Å². The lowest BCUT2D eigenvalue weighted by atomic mass is 10.1. The highest BCUT2D eigenvalue weighted by molar-refractivity contribution is 8.76. The number of aromatic nitrogens is 3. The molecule has 3 rings (SSSR count). The first-order chi connectivity index (χ1) is 15.9. The molecule has 0 unspecified atom stereocenters. The summed E-state index contributed by atoms with van der Waals surface area (Å²) in [5.41, 5.74) is 2.43. The van der Waals surface area contributed by atoms with Crippen LogP contribution in [0, 0.1) is 0 Å². The van der Waals surface area contributed by atoms with Gasteiger partial charge in [0.2, 0.25) is 5.16 Å². The minimum Gasteiger partial charge on any atom is -0.217 e. The first-order valence-corrected chi connectivity index (χ1v) is 14.5. The summed E-state index contributed by atoms with van der Waals surface area (Å²) >= 11 is 0. The Bertz CT molecular complexity index is 865. The Balaban J connectivity index is 1.45. The zero-order valence-electron chi connectivity index (χ0n) is 19.4. The summed E-state index contributed by atoms with van der Waals surface area (Å²) in [6.07, 6.45) is 14.5. The largest absolute Gasteiger partial charge is 0.219 e. The number of hydrogen-bond donors (Lipinski definition) is 0. The third kappa shape index (κ3) is 9.03. The van der Waals surface area contributed by atoms with Crippen molar-refractivity contribution in [3.05, 3.63) is 72.1 Å². The minimum atomic E-state index is 0.858. The summed E-state index contributed by atoms with van der Waals surface area (Å²) in [5, 5.41) is 5.68. The zero-order chi connectivity index (χ0) is 22.3. The quantitative estimate of drug-likeness (QED) is 0.156. The average Bonchev–Trinajstić information content (AvgIpc) is 3.24. The fourth-order valence-corrected chi connectivity index (χ4v) is 5.65. The molecule has 0 aliphatic rings. The third-order valence-electron chi connectivity index (χ3n) is 5.61. The Morgan fingerprint density at radius 3 is 1.97 bits per heavy atom. The zero-order valence-corrected chi connectivity index (χ0v) is 21.0. The first-order valence-electron chi connectivity index (χ1n) is 12.2. The van der Waals surface area contributed by atoms with Gasteiger partial charge in [-0.25, -0.2) is 9.67 Å². The van der Waals surface area contributed by atoms with Crippen LogP contribution in [-0.2, 0) is 12.2 Å². The van der Waals surface area contributed by atoms with E-state index in [1.54, 1.807) is 21.6 Å². The van der Waals surface area contributed by atoms with Gasteiger partial charge in [-0.2, -0.15) is 0 Å². The second-order valence-electron chi connectivity index (χ2n) is 8.32. The summed E-state index contributed by atoms with van der Waals surface area (Å²) in [7, 11) is 3.48. The maximum atomic E-state index is 4.89. The summed E-state index contributed by atoms with van der Waals surface area (Å²) in [4.78, 5) is 4.89. The van der Waals surface area contributed by atoms with Crippen molar-refractivity contribution in [1.29, 1.82) is 0 Å². The summed E-state index contributed by atoms with van der Waals surface area (Å²) in [5.74, 6) is 2.04. The lowest BCUT2D eigenvalue weighted by Gasteiger charge is -2.06. The van der Waals surface area contributed by atoms with Crippen LogP contribution in [0.3, 0.4) is 0 Å². The fourth-order valence-electron chi connectivity index (χ4n) is 3.79. The van der Waals surface area contributed by atoms with E-state index in [-0.39, 0.29) is 0 Å². The van der Waals surface area contributed by atoms with Crippen molar-refractivity contribution < 1.29 is 0 Å². The van der Waals surface area contributed by atoms with Crippen LogP contribution in [0.15, 0.2) is 65.8 Å². The van der Waals surface area contributed by atoms with Crippen LogP contribution >= 0.6 is 21.6 Å². The molecular formula is C27H37N3S2. The SMILES string of the molecule is CCCCCCCCCCCCc1nc(SSCc2ccccc2)nn1-c1ccccc1. The summed E-state index contributed by atoms with van der Waals surface area (Å²) < 4.78 is 2.04. The number of benzene rings is 2. The monoisotopic (exact) mass is 467 g/mol. The highest BCUT2D eigenvalue weighted by Crippen LogP contribution is 2.32. The molecule has 5 heteroatoms. The summed E-state index contributed by atoms with van der Waals surface area (Å²) in [6, 6.07) is 21.0. The molecule has 32 heavy (non-hydrogen) atoms. The molecule has 0 N–H and O–H groups in total. The molecule has 0 radical (unpaired) electrons. The number of nitrogens with zero attached hydrogens (tertiary/aromatic N) is 3. The third-order valence-corrected chi connectivity index (χ3v) is 7.66. The van der Waals surface area contributed by atoms with E-state index in [9.17, 15) is 0 Å². The Hall–Kier alpha value is -1.72. The second kappa shape index (κ2) is 15.2. The van der Waals surface area contributed by atoms with Gasteiger partial charge in [0.15, 0.2) is 0 Å². The lowest BCUT2D eigenvalue weighted by Crippen LogP contribution is -2.03. The molecule has 0 amide bonds. The molecule has 0 atom stereocenters. The van der Waals surface area contributed by atoms with E-state index in [0.717, 1.165) is 28.8 Å². The standard InChI is InChI=1S/C27H37N3S2/c1-2-3-4-5-6-7-8-9-10-17-22-26-28-27(29-30(26)25-20-15-12-16-21-25)32-31-23-24-18-13-11-14-19-24/h11-16,18-21H,2-10,17,22-23H2,1H3. The van der Waals surface area contributed by atoms with E-state index in [4.69, 9.17) is 10.1 Å². The molecular weight excluding hydrogens is 430 g/mol. The van der Waals surface area contributed by atoms with E-state index < -0.39 is 0 Å². The molecule has 1 heterocycles. The van der Waals surface area contributed by atoms with Crippen molar-refractivity contribution in [3.63, 3.8) is 0 Å². The number of hydrogen-bond acceptors (Lipinski definition) is 4. The van der Waals surface area contributed by atoms with Gasteiger partial charge in [-0.1, -0.05) is 124 Å². The molecule has 3 aromatic rings. The Kier molecular flexibility index (Phi) is 11.8. The van der Waals surface area contributed by atoms with Gasteiger partial charge >= 0.3 is 0 Å². The van der Waals surface area contributed by atoms with Crippen LogP contribution in [0.1, 0.15) is 82.5 Å². The smallest absolute Gasteiger partial charge is 0.217 e. The number of unbranched alkanes of at least 4 members (excludes halogenated alkanes) is 9. The van der Waals surface area contributed by atoms with Gasteiger partial charge in [0, 0.05) is 12.2 Å². The highest BCUT2D eigenvalue weighted by atomic mass is 33.1. The first kappa shape index (κ1) is 24.9. The van der Waals surface area contributed by atoms with Gasteiger partial charge in [0.1, 0.15) is 5.82 Å². The Morgan fingerprint density at radius 2 is 1.31 bits per heavy atom. The Labute approximate surface area is 202 Å². The van der Waals surface area contributed by atoms with Gasteiger partial charge in [-0.3, -0.25) is 0 Å². The molecule has 1 aromatic heterocycles. The molecule has 0 fully saturated rings. The molecule has 0 aliphatic carbocycles. The van der Waals surface area contributed by atoms with Crippen LogP contribution in [0.2, 0.25) is 0 Å². The van der Waals surface area contributed by atoms with E-state index in [2.05, 4.69) is 61.5 Å². The van der Waals surface area contributed by atoms with E-state index >= 15 is 0 Å². The molecule has 0 saturated heterocycles. The molecule has 2 aromatic carbocycles. The molecule has 0 aliphatic heterocycles. The van der Waals surface area contributed by atoms with Gasteiger partial charge in [0.05, 0.1) is 5.69 Å². The Morgan fingerprint density at radius 1 is 0.719 bits per heavy atom. The van der Waals surface area contributed by atoms with Crippen LogP contribution in [0.4, 0.5) is 0 Å². The van der Waals surface area contributed by atoms with Gasteiger partial charge in [-0.15, -0.1) is 5.10 Å². The minimum absolute atomic E-state index is 0.858. The lowest BCUT2D eigenvalue weighted by molar-refractivity contribution is 0.552.